The molecule has 1 heterocycles. The van der Waals surface area contributed by atoms with Crippen LogP contribution in [0, 0.1) is 6.92 Å². The molecule has 0 aliphatic heterocycles. The fraction of sp³-hybridized carbons (Fsp3) is 0.333. The highest BCUT2D eigenvalue weighted by molar-refractivity contribution is 7.89. The molecule has 1 aromatic heterocycles. The Morgan fingerprint density at radius 3 is 2.50 bits per heavy atom. The molecule has 0 saturated heterocycles. The maximum atomic E-state index is 12.4. The Balaban J connectivity index is 2.26. The fourth-order valence-corrected chi connectivity index (χ4v) is 3.63. The van der Waals surface area contributed by atoms with Crippen molar-refractivity contribution in [3.63, 3.8) is 0 Å². The van der Waals surface area contributed by atoms with Crippen molar-refractivity contribution in [2.75, 3.05) is 14.1 Å². The predicted octanol–water partition coefficient (Wildman–Crippen LogP) is 1.56. The molecule has 1 aromatic carbocycles. The van der Waals surface area contributed by atoms with E-state index in [1.807, 2.05) is 0 Å². The number of hydrogen-bond donors (Lipinski definition) is 1. The van der Waals surface area contributed by atoms with E-state index in [0.717, 1.165) is 4.31 Å². The maximum absolute atomic E-state index is 12.4. The number of rotatable bonds is 5. The van der Waals surface area contributed by atoms with Gasteiger partial charge < -0.3 is 5.32 Å². The zero-order valence-corrected chi connectivity index (χ0v) is 15.4. The van der Waals surface area contributed by atoms with Crippen molar-refractivity contribution in [3.8, 4) is 0 Å². The molecule has 0 bridgehead atoms. The summed E-state index contributed by atoms with van der Waals surface area (Å²) >= 11 is 6.07. The zero-order chi connectivity index (χ0) is 18.1. The molecule has 1 N–H and O–H groups in total. The minimum Gasteiger partial charge on any atom is -0.348 e. The van der Waals surface area contributed by atoms with Crippen molar-refractivity contribution < 1.29 is 13.2 Å². The summed E-state index contributed by atoms with van der Waals surface area (Å²) in [6.07, 6.45) is 0. The van der Waals surface area contributed by atoms with Gasteiger partial charge in [0, 0.05) is 27.7 Å². The molecule has 0 aliphatic rings. The molecule has 0 spiro atoms. The number of aryl methyl sites for hydroxylation is 2. The number of hydrogen-bond acceptors (Lipinski definition) is 4. The standard InChI is InChI=1S/C15H19ClN4O3S/c1-10-13(14(16)20(4)18-10)15(21)17-9-11-7-5-6-8-12(11)24(22,23)19(2)3/h5-8H,9H2,1-4H3,(H,17,21). The quantitative estimate of drug-likeness (QED) is 0.865. The molecule has 0 saturated carbocycles. The van der Waals surface area contributed by atoms with Crippen LogP contribution in [0.2, 0.25) is 5.15 Å². The average Bonchev–Trinajstić information content (AvgIpc) is 2.77. The summed E-state index contributed by atoms with van der Waals surface area (Å²) < 4.78 is 27.3. The van der Waals surface area contributed by atoms with Gasteiger partial charge in [-0.05, 0) is 18.6 Å². The molecular weight excluding hydrogens is 352 g/mol. The van der Waals surface area contributed by atoms with Crippen LogP contribution in [-0.4, -0.2) is 42.5 Å². The third kappa shape index (κ3) is 3.45. The first kappa shape index (κ1) is 18.4. The Bertz CT molecular complexity index is 875. The molecule has 7 nitrogen and oxygen atoms in total. The van der Waals surface area contributed by atoms with Gasteiger partial charge >= 0.3 is 0 Å². The van der Waals surface area contributed by atoms with Crippen LogP contribution in [0.3, 0.4) is 0 Å². The number of benzene rings is 1. The lowest BCUT2D eigenvalue weighted by Crippen LogP contribution is -2.27. The van der Waals surface area contributed by atoms with E-state index in [9.17, 15) is 13.2 Å². The summed E-state index contributed by atoms with van der Waals surface area (Å²) in [6, 6.07) is 6.54. The Labute approximate surface area is 146 Å². The first-order chi connectivity index (χ1) is 11.2. The molecule has 9 heteroatoms. The fourth-order valence-electron chi connectivity index (χ4n) is 2.25. The summed E-state index contributed by atoms with van der Waals surface area (Å²) in [6.45, 7) is 1.75. The van der Waals surface area contributed by atoms with Crippen molar-refractivity contribution in [3.05, 3.63) is 46.2 Å². The second-order valence-corrected chi connectivity index (χ2v) is 7.93. The number of carbonyl (C=O) groups excluding carboxylic acids is 1. The van der Waals surface area contributed by atoms with Gasteiger partial charge in [-0.15, -0.1) is 0 Å². The number of nitrogens with zero attached hydrogens (tertiary/aromatic N) is 3. The molecule has 0 atom stereocenters. The van der Waals surface area contributed by atoms with E-state index < -0.39 is 15.9 Å². The van der Waals surface area contributed by atoms with Crippen LogP contribution in [0.25, 0.3) is 0 Å². The molecule has 0 aliphatic carbocycles. The number of carbonyl (C=O) groups is 1. The molecule has 24 heavy (non-hydrogen) atoms. The van der Waals surface area contributed by atoms with Crippen molar-refractivity contribution in [2.24, 2.45) is 7.05 Å². The highest BCUT2D eigenvalue weighted by Crippen LogP contribution is 2.20. The van der Waals surface area contributed by atoms with Gasteiger partial charge in [0.1, 0.15) is 5.15 Å². The second kappa shape index (κ2) is 6.92. The number of sulfonamides is 1. The van der Waals surface area contributed by atoms with Gasteiger partial charge in [-0.3, -0.25) is 9.48 Å². The van der Waals surface area contributed by atoms with Gasteiger partial charge in [0.25, 0.3) is 5.91 Å². The summed E-state index contributed by atoms with van der Waals surface area (Å²) in [7, 11) is 0.975. The van der Waals surface area contributed by atoms with Crippen LogP contribution in [-0.2, 0) is 23.6 Å². The largest absolute Gasteiger partial charge is 0.348 e. The number of halogens is 1. The molecule has 0 unspecified atom stereocenters. The Morgan fingerprint density at radius 2 is 1.96 bits per heavy atom. The lowest BCUT2D eigenvalue weighted by atomic mass is 10.2. The van der Waals surface area contributed by atoms with E-state index in [4.69, 9.17) is 11.6 Å². The molecule has 2 aromatic rings. The first-order valence-electron chi connectivity index (χ1n) is 7.14. The summed E-state index contributed by atoms with van der Waals surface area (Å²) in [5, 5.41) is 7.03. The van der Waals surface area contributed by atoms with Crippen LogP contribution >= 0.6 is 11.6 Å². The minimum absolute atomic E-state index is 0.0622. The maximum Gasteiger partial charge on any atom is 0.256 e. The van der Waals surface area contributed by atoms with Crippen molar-refractivity contribution in [1.29, 1.82) is 0 Å². The molecule has 2 rings (SSSR count). The van der Waals surface area contributed by atoms with E-state index in [1.165, 1.54) is 24.8 Å². The Kier molecular flexibility index (Phi) is 5.32. The topological polar surface area (TPSA) is 84.3 Å². The zero-order valence-electron chi connectivity index (χ0n) is 13.9. The van der Waals surface area contributed by atoms with Gasteiger partial charge in [-0.2, -0.15) is 5.10 Å². The molecule has 0 radical (unpaired) electrons. The first-order valence-corrected chi connectivity index (χ1v) is 8.95. The van der Waals surface area contributed by atoms with Gasteiger partial charge in [-0.1, -0.05) is 29.8 Å². The smallest absolute Gasteiger partial charge is 0.256 e. The lowest BCUT2D eigenvalue weighted by Gasteiger charge is -2.15. The summed E-state index contributed by atoms with van der Waals surface area (Å²) in [5.41, 5.74) is 1.29. The number of nitrogens with one attached hydrogen (secondary N) is 1. The highest BCUT2D eigenvalue weighted by atomic mass is 35.5. The van der Waals surface area contributed by atoms with E-state index >= 15 is 0 Å². The third-order valence-electron chi connectivity index (χ3n) is 3.55. The molecular formula is C15H19ClN4O3S. The van der Waals surface area contributed by atoms with Gasteiger partial charge in [0.2, 0.25) is 10.0 Å². The average molecular weight is 371 g/mol. The highest BCUT2D eigenvalue weighted by Gasteiger charge is 2.22. The van der Waals surface area contributed by atoms with Crippen molar-refractivity contribution >= 4 is 27.5 Å². The second-order valence-electron chi connectivity index (χ2n) is 5.45. The molecule has 1 amide bonds. The van der Waals surface area contributed by atoms with Crippen molar-refractivity contribution in [2.45, 2.75) is 18.4 Å². The molecule has 0 fully saturated rings. The van der Waals surface area contributed by atoms with Crippen LogP contribution < -0.4 is 5.32 Å². The summed E-state index contributed by atoms with van der Waals surface area (Å²) in [5.74, 6) is -0.400. The Hall–Kier alpha value is -1.90. The van der Waals surface area contributed by atoms with Gasteiger partial charge in [0.05, 0.1) is 16.2 Å². The number of aromatic nitrogens is 2. The van der Waals surface area contributed by atoms with E-state index in [2.05, 4.69) is 10.4 Å². The normalized spacial score (nSPS) is 11.8. The van der Waals surface area contributed by atoms with Gasteiger partial charge in [-0.25, -0.2) is 12.7 Å². The minimum atomic E-state index is -3.59. The summed E-state index contributed by atoms with van der Waals surface area (Å²) in [4.78, 5) is 12.5. The van der Waals surface area contributed by atoms with Crippen LogP contribution in [0.1, 0.15) is 21.6 Å². The van der Waals surface area contributed by atoms with Gasteiger partial charge in [0.15, 0.2) is 0 Å². The van der Waals surface area contributed by atoms with E-state index in [1.54, 1.807) is 32.2 Å². The van der Waals surface area contributed by atoms with Crippen molar-refractivity contribution in [1.82, 2.24) is 19.4 Å². The monoisotopic (exact) mass is 370 g/mol. The van der Waals surface area contributed by atoms with E-state index in [0.29, 0.717) is 11.3 Å². The Morgan fingerprint density at radius 1 is 1.33 bits per heavy atom. The van der Waals surface area contributed by atoms with Crippen LogP contribution in [0.15, 0.2) is 29.2 Å². The van der Waals surface area contributed by atoms with Crippen LogP contribution in [0.5, 0.6) is 0 Å². The predicted molar refractivity (Wildman–Crippen MR) is 91.4 cm³/mol. The third-order valence-corrected chi connectivity index (χ3v) is 5.90. The lowest BCUT2D eigenvalue weighted by molar-refractivity contribution is 0.0950. The molecule has 130 valence electrons. The van der Waals surface area contributed by atoms with Crippen LogP contribution in [0.4, 0.5) is 0 Å². The number of amides is 1. The van der Waals surface area contributed by atoms with E-state index in [-0.39, 0.29) is 22.2 Å². The SMILES string of the molecule is Cc1nn(C)c(Cl)c1C(=O)NCc1ccccc1S(=O)(=O)N(C)C.